The van der Waals surface area contributed by atoms with Crippen LogP contribution >= 0.6 is 11.3 Å². The van der Waals surface area contributed by atoms with Gasteiger partial charge in [0.1, 0.15) is 16.6 Å². The van der Waals surface area contributed by atoms with E-state index in [1.54, 1.807) is 6.92 Å². The number of hydrogen-bond donors (Lipinski definition) is 2. The lowest BCUT2D eigenvalue weighted by Crippen LogP contribution is -2.15. The van der Waals surface area contributed by atoms with E-state index in [-0.39, 0.29) is 21.9 Å². The van der Waals surface area contributed by atoms with E-state index in [0.717, 1.165) is 10.9 Å². The fourth-order valence-corrected chi connectivity index (χ4v) is 3.48. The topological polar surface area (TPSA) is 75.6 Å². The van der Waals surface area contributed by atoms with Gasteiger partial charge >= 0.3 is 5.97 Å². The Kier molecular flexibility index (Phi) is 5.00. The van der Waals surface area contributed by atoms with Crippen molar-refractivity contribution in [1.82, 2.24) is 0 Å². The lowest BCUT2D eigenvalue weighted by molar-refractivity contribution is 0.0697. The lowest BCUT2D eigenvalue weighted by atomic mass is 10.1. The third-order valence-corrected chi connectivity index (χ3v) is 4.47. The maximum Gasteiger partial charge on any atom is 0.339 e. The number of hydrogen-bond acceptors (Lipinski definition) is 4. The Balaban J connectivity index is 2.42. The van der Waals surface area contributed by atoms with Crippen LogP contribution in [0.5, 0.6) is 5.75 Å². The van der Waals surface area contributed by atoms with Gasteiger partial charge in [0.15, 0.2) is 0 Å². The number of ether oxygens (including phenoxy) is 1. The molecule has 0 fully saturated rings. The monoisotopic (exact) mass is 337 g/mol. The van der Waals surface area contributed by atoms with Gasteiger partial charge in [0.2, 0.25) is 0 Å². The van der Waals surface area contributed by atoms with Crippen molar-refractivity contribution in [2.75, 3.05) is 12.4 Å². The summed E-state index contributed by atoms with van der Waals surface area (Å²) >= 11 is 1.19. The summed E-state index contributed by atoms with van der Waals surface area (Å²) in [6.45, 7) is 3.65. The average Bonchev–Trinajstić information content (AvgIpc) is 2.82. The van der Waals surface area contributed by atoms with Gasteiger partial charge in [-0.3, -0.25) is 4.79 Å². The molecule has 2 N–H and O–H groups in total. The van der Waals surface area contributed by atoms with Crippen molar-refractivity contribution in [3.63, 3.8) is 0 Å². The first-order chi connectivity index (χ1) is 10.9. The summed E-state index contributed by atoms with van der Waals surface area (Å²) in [4.78, 5) is 24.7. The van der Waals surface area contributed by atoms with Crippen LogP contribution in [-0.4, -0.2) is 24.1 Å². The molecule has 122 valence electrons. The molecule has 0 aliphatic heterocycles. The molecule has 0 spiro atoms. The van der Waals surface area contributed by atoms with E-state index in [9.17, 15) is 19.1 Å². The van der Waals surface area contributed by atoms with E-state index in [0.29, 0.717) is 12.0 Å². The highest BCUT2D eigenvalue weighted by atomic mass is 32.1. The van der Waals surface area contributed by atoms with E-state index in [4.69, 9.17) is 4.74 Å². The molecule has 1 amide bonds. The largest absolute Gasteiger partial charge is 0.496 e. The highest BCUT2D eigenvalue weighted by molar-refractivity contribution is 7.16. The lowest BCUT2D eigenvalue weighted by Gasteiger charge is -2.09. The van der Waals surface area contributed by atoms with E-state index in [2.05, 4.69) is 5.32 Å². The maximum absolute atomic E-state index is 13.4. The summed E-state index contributed by atoms with van der Waals surface area (Å²) in [6, 6.07) is 3.58. The molecule has 1 aromatic heterocycles. The predicted octanol–water partition coefficient (Wildman–Crippen LogP) is 3.72. The standard InChI is InChI=1S/C16H16FNO4S/c1-4-10-8(2)23-15(13(10)16(20)21)18-14(19)11-7-9(17)5-6-12(11)22-3/h5-7H,4H2,1-3H3,(H,18,19)(H,20,21). The van der Waals surface area contributed by atoms with Crippen LogP contribution in [0.15, 0.2) is 18.2 Å². The molecule has 1 heterocycles. The number of anilines is 1. The molecule has 2 aromatic rings. The second-order valence-corrected chi connectivity index (χ2v) is 6.02. The summed E-state index contributed by atoms with van der Waals surface area (Å²) in [6.07, 6.45) is 0.545. The summed E-state index contributed by atoms with van der Waals surface area (Å²) in [7, 11) is 1.37. The van der Waals surface area contributed by atoms with Crippen LogP contribution < -0.4 is 10.1 Å². The minimum atomic E-state index is -1.10. The molecule has 0 atom stereocenters. The van der Waals surface area contributed by atoms with Crippen molar-refractivity contribution in [3.05, 3.63) is 45.6 Å². The first kappa shape index (κ1) is 17.0. The number of aromatic carboxylic acids is 1. The van der Waals surface area contributed by atoms with Gasteiger partial charge in [0.05, 0.1) is 18.2 Å². The molecule has 2 rings (SSSR count). The molecular weight excluding hydrogens is 321 g/mol. The van der Waals surface area contributed by atoms with Gasteiger partial charge in [0, 0.05) is 4.88 Å². The van der Waals surface area contributed by atoms with Gasteiger partial charge in [-0.1, -0.05) is 6.92 Å². The fraction of sp³-hybridized carbons (Fsp3) is 0.250. The molecule has 1 aromatic carbocycles. The molecular formula is C16H16FNO4S. The Hall–Kier alpha value is -2.41. The number of nitrogens with one attached hydrogen (secondary N) is 1. The highest BCUT2D eigenvalue weighted by Gasteiger charge is 2.23. The van der Waals surface area contributed by atoms with Crippen molar-refractivity contribution in [1.29, 1.82) is 0 Å². The number of methoxy groups -OCH3 is 1. The first-order valence-electron chi connectivity index (χ1n) is 6.89. The van der Waals surface area contributed by atoms with Gasteiger partial charge in [-0.15, -0.1) is 11.3 Å². The fourth-order valence-electron chi connectivity index (χ4n) is 2.35. The Labute approximate surface area is 136 Å². The van der Waals surface area contributed by atoms with Crippen LogP contribution in [0.4, 0.5) is 9.39 Å². The quantitative estimate of drug-likeness (QED) is 0.872. The van der Waals surface area contributed by atoms with Crippen molar-refractivity contribution in [3.8, 4) is 5.75 Å². The highest BCUT2D eigenvalue weighted by Crippen LogP contribution is 2.34. The number of benzene rings is 1. The molecule has 0 unspecified atom stereocenters. The third-order valence-electron chi connectivity index (χ3n) is 3.41. The average molecular weight is 337 g/mol. The zero-order valence-electron chi connectivity index (χ0n) is 12.9. The molecule has 0 radical (unpaired) electrons. The molecule has 23 heavy (non-hydrogen) atoms. The summed E-state index contributed by atoms with van der Waals surface area (Å²) < 4.78 is 18.4. The minimum absolute atomic E-state index is 0.00735. The summed E-state index contributed by atoms with van der Waals surface area (Å²) in [5.41, 5.74) is 0.774. The molecule has 5 nitrogen and oxygen atoms in total. The number of carbonyl (C=O) groups is 2. The number of amides is 1. The molecule has 0 bridgehead atoms. The first-order valence-corrected chi connectivity index (χ1v) is 7.71. The minimum Gasteiger partial charge on any atom is -0.496 e. The van der Waals surface area contributed by atoms with Crippen molar-refractivity contribution >= 4 is 28.2 Å². The van der Waals surface area contributed by atoms with Crippen LogP contribution in [0.3, 0.4) is 0 Å². The van der Waals surface area contributed by atoms with Crippen molar-refractivity contribution in [2.45, 2.75) is 20.3 Å². The Morgan fingerprint density at radius 3 is 2.65 bits per heavy atom. The predicted molar refractivity (Wildman–Crippen MR) is 86.3 cm³/mol. The van der Waals surface area contributed by atoms with Gasteiger partial charge < -0.3 is 15.2 Å². The number of carbonyl (C=O) groups excluding carboxylic acids is 1. The third kappa shape index (κ3) is 3.34. The van der Waals surface area contributed by atoms with Gasteiger partial charge in [0.25, 0.3) is 5.91 Å². The number of aryl methyl sites for hydroxylation is 1. The molecule has 0 aliphatic carbocycles. The van der Waals surface area contributed by atoms with E-state index >= 15 is 0 Å². The molecule has 7 heteroatoms. The van der Waals surface area contributed by atoms with Crippen LogP contribution in [-0.2, 0) is 6.42 Å². The maximum atomic E-state index is 13.4. The SMILES string of the molecule is CCc1c(C)sc(NC(=O)c2cc(F)ccc2OC)c1C(=O)O. The van der Waals surface area contributed by atoms with Crippen LogP contribution in [0.25, 0.3) is 0 Å². The number of carboxylic acids is 1. The summed E-state index contributed by atoms with van der Waals surface area (Å²) in [5, 5.41) is 12.2. The number of carboxylic acid groups (broad SMARTS) is 1. The van der Waals surface area contributed by atoms with E-state index < -0.39 is 17.7 Å². The second kappa shape index (κ2) is 6.78. The molecule has 0 saturated heterocycles. The van der Waals surface area contributed by atoms with E-state index in [1.165, 1.54) is 30.6 Å². The molecule has 0 aliphatic rings. The summed E-state index contributed by atoms with van der Waals surface area (Å²) in [5.74, 6) is -2.09. The zero-order chi connectivity index (χ0) is 17.1. The molecule has 0 saturated carbocycles. The van der Waals surface area contributed by atoms with Gasteiger partial charge in [-0.2, -0.15) is 0 Å². The number of rotatable bonds is 5. The van der Waals surface area contributed by atoms with E-state index in [1.807, 2.05) is 6.92 Å². The number of halogens is 1. The number of thiophene rings is 1. The van der Waals surface area contributed by atoms with Crippen molar-refractivity contribution in [2.24, 2.45) is 0 Å². The van der Waals surface area contributed by atoms with Crippen LogP contribution in [0, 0.1) is 12.7 Å². The van der Waals surface area contributed by atoms with Gasteiger partial charge in [-0.25, -0.2) is 9.18 Å². The second-order valence-electron chi connectivity index (χ2n) is 4.80. The Morgan fingerprint density at radius 1 is 1.39 bits per heavy atom. The zero-order valence-corrected chi connectivity index (χ0v) is 13.7. The van der Waals surface area contributed by atoms with Gasteiger partial charge in [-0.05, 0) is 37.1 Å². The van der Waals surface area contributed by atoms with Crippen LogP contribution in [0.2, 0.25) is 0 Å². The van der Waals surface area contributed by atoms with Crippen LogP contribution in [0.1, 0.15) is 38.1 Å². The Bertz CT molecular complexity index is 770. The Morgan fingerprint density at radius 2 is 2.09 bits per heavy atom. The smallest absolute Gasteiger partial charge is 0.339 e. The normalized spacial score (nSPS) is 10.4. The van der Waals surface area contributed by atoms with Crippen molar-refractivity contribution < 1.29 is 23.8 Å².